The lowest BCUT2D eigenvalue weighted by atomic mass is 10.1. The average molecular weight is 602 g/mol. The van der Waals surface area contributed by atoms with E-state index in [9.17, 15) is 21.6 Å². The van der Waals surface area contributed by atoms with Crippen molar-refractivity contribution in [3.05, 3.63) is 64.8 Å². The molecular formula is C24H23BrF3N3O5S. The Kier molecular flexibility index (Phi) is 7.85. The van der Waals surface area contributed by atoms with Gasteiger partial charge in [0.25, 0.3) is 10.0 Å². The van der Waals surface area contributed by atoms with Gasteiger partial charge in [-0.2, -0.15) is 13.2 Å². The second-order valence-electron chi connectivity index (χ2n) is 8.34. The molecule has 1 aliphatic rings. The van der Waals surface area contributed by atoms with Gasteiger partial charge in [-0.25, -0.2) is 13.4 Å². The molecule has 2 aromatic carbocycles. The maximum absolute atomic E-state index is 13.6. The van der Waals surface area contributed by atoms with E-state index in [2.05, 4.69) is 25.6 Å². The molecule has 13 heteroatoms. The highest BCUT2D eigenvalue weighted by Crippen LogP contribution is 2.39. The first-order valence-corrected chi connectivity index (χ1v) is 13.3. The van der Waals surface area contributed by atoms with Crippen LogP contribution in [0.15, 0.2) is 64.1 Å². The Morgan fingerprint density at radius 3 is 2.54 bits per heavy atom. The van der Waals surface area contributed by atoms with E-state index < -0.39 is 33.6 Å². The molecule has 2 heterocycles. The molecule has 0 bridgehead atoms. The lowest BCUT2D eigenvalue weighted by molar-refractivity contribution is -0.139. The molecule has 8 nitrogen and oxygen atoms in total. The summed E-state index contributed by atoms with van der Waals surface area (Å²) in [6, 6.07) is 10.9. The van der Waals surface area contributed by atoms with E-state index in [1.165, 1.54) is 13.2 Å². The van der Waals surface area contributed by atoms with Crippen LogP contribution in [-0.2, 0) is 16.2 Å². The number of benzene rings is 2. The number of nitrogens with one attached hydrogen (secondary N) is 1. The molecule has 0 spiro atoms. The standard InChI is InChI=1S/C24H23BrF3N3O5S/c1-31-9-8-18(14-31)35-22-10-15(6-7-20(22)24(26,27)28)30-37(32,33)19-12-21(25)23(29-13-19)36-17-5-3-4-16(11-17)34-2/h3-7,10-13,18,30H,8-9,14H2,1-2H3. The maximum Gasteiger partial charge on any atom is 0.419 e. The number of rotatable bonds is 8. The molecule has 0 aliphatic carbocycles. The summed E-state index contributed by atoms with van der Waals surface area (Å²) in [7, 11) is -0.842. The van der Waals surface area contributed by atoms with E-state index in [1.807, 2.05) is 11.9 Å². The fraction of sp³-hybridized carbons (Fsp3) is 0.292. The minimum Gasteiger partial charge on any atom is -0.497 e. The lowest BCUT2D eigenvalue weighted by Crippen LogP contribution is -2.23. The number of aromatic nitrogens is 1. The number of alkyl halides is 3. The predicted octanol–water partition coefficient (Wildman–Crippen LogP) is 5.55. The smallest absolute Gasteiger partial charge is 0.419 e. The van der Waals surface area contributed by atoms with Crippen LogP contribution in [-0.4, -0.2) is 51.7 Å². The number of likely N-dealkylation sites (N-methyl/N-ethyl adjacent to an activating group) is 1. The molecule has 1 unspecified atom stereocenters. The van der Waals surface area contributed by atoms with Gasteiger partial charge in [0.15, 0.2) is 0 Å². The van der Waals surface area contributed by atoms with Gasteiger partial charge < -0.3 is 19.1 Å². The van der Waals surface area contributed by atoms with Gasteiger partial charge in [-0.05, 0) is 59.7 Å². The minimum absolute atomic E-state index is 0.0813. The number of anilines is 1. The van der Waals surface area contributed by atoms with Crippen molar-refractivity contribution >= 4 is 31.6 Å². The molecule has 198 valence electrons. The van der Waals surface area contributed by atoms with Crippen LogP contribution in [0, 0.1) is 0 Å². The van der Waals surface area contributed by atoms with E-state index in [0.29, 0.717) is 31.0 Å². The molecule has 1 N–H and O–H groups in total. The summed E-state index contributed by atoms with van der Waals surface area (Å²) in [6.45, 7) is 1.16. The van der Waals surface area contributed by atoms with Gasteiger partial charge in [-0.15, -0.1) is 0 Å². The Morgan fingerprint density at radius 1 is 1.14 bits per heavy atom. The predicted molar refractivity (Wildman–Crippen MR) is 134 cm³/mol. The van der Waals surface area contributed by atoms with Crippen molar-refractivity contribution < 1.29 is 35.8 Å². The highest BCUT2D eigenvalue weighted by Gasteiger charge is 2.36. The first kappa shape index (κ1) is 27.0. The third kappa shape index (κ3) is 6.65. The van der Waals surface area contributed by atoms with Gasteiger partial charge in [0.05, 0.1) is 29.0 Å². The molecule has 0 saturated carbocycles. The zero-order valence-electron chi connectivity index (χ0n) is 19.8. The summed E-state index contributed by atoms with van der Waals surface area (Å²) < 4.78 is 85.6. The molecule has 1 atom stereocenters. The number of halogens is 4. The van der Waals surface area contributed by atoms with Crippen LogP contribution in [0.25, 0.3) is 0 Å². The van der Waals surface area contributed by atoms with Crippen molar-refractivity contribution in [3.63, 3.8) is 0 Å². The number of hydrogen-bond acceptors (Lipinski definition) is 7. The van der Waals surface area contributed by atoms with Crippen molar-refractivity contribution in [2.75, 3.05) is 32.0 Å². The van der Waals surface area contributed by atoms with Gasteiger partial charge >= 0.3 is 6.18 Å². The molecule has 4 rings (SSSR count). The molecule has 37 heavy (non-hydrogen) atoms. The van der Waals surface area contributed by atoms with Crippen LogP contribution in [0.1, 0.15) is 12.0 Å². The van der Waals surface area contributed by atoms with Crippen molar-refractivity contribution in [3.8, 4) is 23.1 Å². The molecule has 3 aromatic rings. The molecular weight excluding hydrogens is 579 g/mol. The number of ether oxygens (including phenoxy) is 3. The van der Waals surface area contributed by atoms with Crippen molar-refractivity contribution in [1.29, 1.82) is 0 Å². The quantitative estimate of drug-likeness (QED) is 0.362. The summed E-state index contributed by atoms with van der Waals surface area (Å²) in [4.78, 5) is 5.79. The first-order valence-electron chi connectivity index (χ1n) is 11.0. The Hall–Kier alpha value is -3.03. The van der Waals surface area contributed by atoms with Gasteiger partial charge in [-0.1, -0.05) is 6.07 Å². The van der Waals surface area contributed by atoms with E-state index in [-0.39, 0.29) is 20.9 Å². The fourth-order valence-corrected chi connectivity index (χ4v) is 5.31. The van der Waals surface area contributed by atoms with Gasteiger partial charge in [0, 0.05) is 25.2 Å². The lowest BCUT2D eigenvalue weighted by Gasteiger charge is -2.19. The number of pyridine rings is 1. The second-order valence-corrected chi connectivity index (χ2v) is 10.9. The number of nitrogens with zero attached hydrogens (tertiary/aromatic N) is 2. The van der Waals surface area contributed by atoms with E-state index in [0.717, 1.165) is 24.4 Å². The molecule has 0 radical (unpaired) electrons. The largest absolute Gasteiger partial charge is 0.497 e. The highest BCUT2D eigenvalue weighted by molar-refractivity contribution is 9.10. The number of methoxy groups -OCH3 is 1. The Labute approximate surface area is 220 Å². The summed E-state index contributed by atoms with van der Waals surface area (Å²) >= 11 is 3.25. The SMILES string of the molecule is COc1cccc(Oc2ncc(S(=O)(=O)Nc3ccc(C(F)(F)F)c(OC4CCN(C)C4)c3)cc2Br)c1. The van der Waals surface area contributed by atoms with Crippen LogP contribution < -0.4 is 18.9 Å². The summed E-state index contributed by atoms with van der Waals surface area (Å²) in [6.07, 6.45) is -3.45. The molecule has 0 amide bonds. The van der Waals surface area contributed by atoms with Crippen LogP contribution in [0.2, 0.25) is 0 Å². The zero-order valence-corrected chi connectivity index (χ0v) is 22.2. The van der Waals surface area contributed by atoms with Crippen LogP contribution in [0.5, 0.6) is 23.1 Å². The summed E-state index contributed by atoms with van der Waals surface area (Å²) in [5.41, 5.74) is -1.06. The van der Waals surface area contributed by atoms with Crippen molar-refractivity contribution in [1.82, 2.24) is 9.88 Å². The van der Waals surface area contributed by atoms with Gasteiger partial charge in [0.2, 0.25) is 5.88 Å². The van der Waals surface area contributed by atoms with Gasteiger partial charge in [0.1, 0.15) is 28.2 Å². The zero-order chi connectivity index (χ0) is 26.8. The molecule has 1 saturated heterocycles. The molecule has 1 aliphatic heterocycles. The molecule has 1 aromatic heterocycles. The van der Waals surface area contributed by atoms with Crippen LogP contribution >= 0.6 is 15.9 Å². The van der Waals surface area contributed by atoms with E-state index in [4.69, 9.17) is 14.2 Å². The molecule has 1 fully saturated rings. The number of sulfonamides is 1. The topological polar surface area (TPSA) is 90.0 Å². The van der Waals surface area contributed by atoms with E-state index >= 15 is 0 Å². The third-order valence-corrected chi connectivity index (χ3v) is 7.45. The number of hydrogen-bond donors (Lipinski definition) is 1. The minimum atomic E-state index is -4.66. The van der Waals surface area contributed by atoms with Gasteiger partial charge in [-0.3, -0.25) is 4.72 Å². The van der Waals surface area contributed by atoms with Crippen LogP contribution in [0.3, 0.4) is 0 Å². The Morgan fingerprint density at radius 2 is 1.89 bits per heavy atom. The third-order valence-electron chi connectivity index (χ3n) is 5.53. The summed E-state index contributed by atoms with van der Waals surface area (Å²) in [5.74, 6) is 0.664. The summed E-state index contributed by atoms with van der Waals surface area (Å²) in [5, 5.41) is 0. The fourth-order valence-electron chi connectivity index (χ4n) is 3.71. The first-order chi connectivity index (χ1) is 17.4. The maximum atomic E-state index is 13.6. The van der Waals surface area contributed by atoms with Crippen molar-refractivity contribution in [2.24, 2.45) is 0 Å². The Balaban J connectivity index is 1.55. The average Bonchev–Trinajstić information content (AvgIpc) is 3.24. The number of likely N-dealkylation sites (tertiary alicyclic amines) is 1. The van der Waals surface area contributed by atoms with Crippen LogP contribution in [0.4, 0.5) is 18.9 Å². The van der Waals surface area contributed by atoms with Crippen molar-refractivity contribution in [2.45, 2.75) is 23.6 Å². The second kappa shape index (κ2) is 10.8. The van der Waals surface area contributed by atoms with E-state index in [1.54, 1.807) is 24.3 Å². The highest BCUT2D eigenvalue weighted by atomic mass is 79.9. The Bertz CT molecular complexity index is 1390. The monoisotopic (exact) mass is 601 g/mol. The normalized spacial score (nSPS) is 16.4.